The van der Waals surface area contributed by atoms with Crippen LogP contribution in [0.4, 0.5) is 0 Å². The number of ether oxygens (including phenoxy) is 1. The van der Waals surface area contributed by atoms with Crippen molar-refractivity contribution in [3.63, 3.8) is 0 Å². The Kier molecular flexibility index (Phi) is 6.82. The molecule has 0 aromatic carbocycles. The maximum Gasteiger partial charge on any atom is 0.151 e. The summed E-state index contributed by atoms with van der Waals surface area (Å²) in [5.41, 5.74) is -0.810. The maximum atomic E-state index is 10.8. The second kappa shape index (κ2) is 7.04. The third-order valence-corrected chi connectivity index (χ3v) is 2.12. The van der Waals surface area contributed by atoms with E-state index in [9.17, 15) is 9.59 Å². The van der Waals surface area contributed by atoms with Gasteiger partial charge in [-0.15, -0.1) is 11.6 Å². The lowest BCUT2D eigenvalue weighted by Crippen LogP contribution is -2.34. The molecule has 1 unspecified atom stereocenters. The monoisotopic (exact) mass is 206 g/mol. The molecule has 0 heterocycles. The minimum Gasteiger partial charge on any atom is -0.366 e. The van der Waals surface area contributed by atoms with Gasteiger partial charge < -0.3 is 14.3 Å². The van der Waals surface area contributed by atoms with E-state index in [4.69, 9.17) is 16.3 Å². The Morgan fingerprint density at radius 2 is 2.15 bits per heavy atom. The summed E-state index contributed by atoms with van der Waals surface area (Å²) in [5, 5.41) is 0. The molecule has 0 saturated carbocycles. The quantitative estimate of drug-likeness (QED) is 0.447. The van der Waals surface area contributed by atoms with Gasteiger partial charge in [-0.05, 0) is 12.8 Å². The molecule has 0 spiro atoms. The van der Waals surface area contributed by atoms with Gasteiger partial charge in [-0.25, -0.2) is 0 Å². The van der Waals surface area contributed by atoms with Crippen LogP contribution in [0.5, 0.6) is 0 Å². The standard InChI is InChI=1S/C9H15ClO3/c1-2-9(8-12,4-3-6-11)13-7-5-10/h6,8H,2-5,7H2,1H3. The van der Waals surface area contributed by atoms with E-state index in [0.717, 1.165) is 12.6 Å². The molecule has 0 aliphatic carbocycles. The smallest absolute Gasteiger partial charge is 0.151 e. The summed E-state index contributed by atoms with van der Waals surface area (Å²) < 4.78 is 5.32. The average Bonchev–Trinajstić information content (AvgIpc) is 2.20. The normalized spacial score (nSPS) is 14.9. The van der Waals surface area contributed by atoms with Gasteiger partial charge in [0, 0.05) is 12.3 Å². The Morgan fingerprint density at radius 3 is 2.54 bits per heavy atom. The van der Waals surface area contributed by atoms with Crippen molar-refractivity contribution >= 4 is 24.2 Å². The number of hydrogen-bond donors (Lipinski definition) is 0. The van der Waals surface area contributed by atoms with Crippen LogP contribution in [0, 0.1) is 0 Å². The molecule has 0 bridgehead atoms. The Morgan fingerprint density at radius 1 is 1.46 bits per heavy atom. The fourth-order valence-electron chi connectivity index (χ4n) is 1.07. The first-order valence-corrected chi connectivity index (χ1v) is 4.88. The van der Waals surface area contributed by atoms with E-state index < -0.39 is 5.60 Å². The SMILES string of the molecule is CCC(C=O)(CCC=O)OCCCl. The third-order valence-electron chi connectivity index (χ3n) is 1.97. The highest BCUT2D eigenvalue weighted by atomic mass is 35.5. The molecule has 0 aliphatic rings. The molecule has 0 amide bonds. The van der Waals surface area contributed by atoms with Gasteiger partial charge in [0.25, 0.3) is 0 Å². The van der Waals surface area contributed by atoms with Crippen LogP contribution in [0.15, 0.2) is 0 Å². The van der Waals surface area contributed by atoms with Gasteiger partial charge in [0.2, 0.25) is 0 Å². The first-order valence-electron chi connectivity index (χ1n) is 4.34. The van der Waals surface area contributed by atoms with E-state index in [1.807, 2.05) is 6.92 Å². The lowest BCUT2D eigenvalue weighted by atomic mass is 9.96. The fourth-order valence-corrected chi connectivity index (χ4v) is 1.15. The number of hydrogen-bond acceptors (Lipinski definition) is 3. The van der Waals surface area contributed by atoms with Gasteiger partial charge in [0.1, 0.15) is 11.9 Å². The first kappa shape index (κ1) is 12.6. The molecular weight excluding hydrogens is 192 g/mol. The van der Waals surface area contributed by atoms with Crippen LogP contribution in [0.1, 0.15) is 26.2 Å². The summed E-state index contributed by atoms with van der Waals surface area (Å²) in [6.45, 7) is 2.19. The largest absolute Gasteiger partial charge is 0.366 e. The molecule has 13 heavy (non-hydrogen) atoms. The fraction of sp³-hybridized carbons (Fsp3) is 0.778. The molecule has 0 rings (SSSR count). The zero-order valence-electron chi connectivity index (χ0n) is 7.79. The molecule has 1 atom stereocenters. The van der Waals surface area contributed by atoms with Crippen molar-refractivity contribution < 1.29 is 14.3 Å². The van der Waals surface area contributed by atoms with E-state index in [1.165, 1.54) is 0 Å². The molecule has 76 valence electrons. The molecule has 0 radical (unpaired) electrons. The second-order valence-corrected chi connectivity index (χ2v) is 3.16. The predicted molar refractivity (Wildman–Crippen MR) is 51.1 cm³/mol. The van der Waals surface area contributed by atoms with Crippen molar-refractivity contribution in [3.05, 3.63) is 0 Å². The van der Waals surface area contributed by atoms with E-state index >= 15 is 0 Å². The maximum absolute atomic E-state index is 10.8. The number of carbonyl (C=O) groups excluding carboxylic acids is 2. The van der Waals surface area contributed by atoms with Crippen LogP contribution in [0.25, 0.3) is 0 Å². The number of aldehydes is 2. The van der Waals surface area contributed by atoms with Gasteiger partial charge in [-0.1, -0.05) is 6.92 Å². The molecular formula is C9H15ClO3. The molecule has 0 aromatic rings. The summed E-state index contributed by atoms with van der Waals surface area (Å²) in [4.78, 5) is 20.9. The zero-order valence-corrected chi connectivity index (χ0v) is 8.55. The van der Waals surface area contributed by atoms with Crippen molar-refractivity contribution in [2.24, 2.45) is 0 Å². The van der Waals surface area contributed by atoms with Gasteiger partial charge in [0.15, 0.2) is 6.29 Å². The highest BCUT2D eigenvalue weighted by molar-refractivity contribution is 6.17. The predicted octanol–water partition coefficient (Wildman–Crippen LogP) is 1.57. The first-order chi connectivity index (χ1) is 6.24. The van der Waals surface area contributed by atoms with Crippen molar-refractivity contribution in [2.75, 3.05) is 12.5 Å². The van der Waals surface area contributed by atoms with Crippen LogP contribution in [0.2, 0.25) is 0 Å². The van der Waals surface area contributed by atoms with Gasteiger partial charge in [-0.2, -0.15) is 0 Å². The van der Waals surface area contributed by atoms with E-state index in [1.54, 1.807) is 0 Å². The Balaban J connectivity index is 4.12. The highest BCUT2D eigenvalue weighted by Gasteiger charge is 2.27. The number of rotatable bonds is 8. The van der Waals surface area contributed by atoms with Crippen LogP contribution in [-0.2, 0) is 14.3 Å². The van der Waals surface area contributed by atoms with E-state index in [-0.39, 0.29) is 0 Å². The van der Waals surface area contributed by atoms with Crippen LogP contribution < -0.4 is 0 Å². The summed E-state index contributed by atoms with van der Waals surface area (Å²) in [5.74, 6) is 0.358. The third kappa shape index (κ3) is 4.39. The van der Waals surface area contributed by atoms with E-state index in [0.29, 0.717) is 31.7 Å². The number of halogens is 1. The van der Waals surface area contributed by atoms with Crippen molar-refractivity contribution in [2.45, 2.75) is 31.8 Å². The summed E-state index contributed by atoms with van der Waals surface area (Å²) >= 11 is 5.45. The van der Waals surface area contributed by atoms with Gasteiger partial charge >= 0.3 is 0 Å². The molecule has 0 saturated heterocycles. The molecule has 0 aliphatic heterocycles. The lowest BCUT2D eigenvalue weighted by molar-refractivity contribution is -0.132. The summed E-state index contributed by atoms with van der Waals surface area (Å²) in [7, 11) is 0. The zero-order chi connectivity index (χ0) is 10.2. The Hall–Kier alpha value is -0.410. The topological polar surface area (TPSA) is 43.4 Å². The highest BCUT2D eigenvalue weighted by Crippen LogP contribution is 2.19. The second-order valence-electron chi connectivity index (χ2n) is 2.78. The van der Waals surface area contributed by atoms with Gasteiger partial charge in [-0.3, -0.25) is 0 Å². The van der Waals surface area contributed by atoms with Gasteiger partial charge in [0.05, 0.1) is 6.61 Å². The minimum absolute atomic E-state index is 0.340. The molecule has 0 aromatic heterocycles. The number of carbonyl (C=O) groups is 2. The Bertz CT molecular complexity index is 161. The minimum atomic E-state index is -0.810. The van der Waals surface area contributed by atoms with E-state index in [2.05, 4.69) is 0 Å². The molecule has 4 heteroatoms. The van der Waals surface area contributed by atoms with Crippen molar-refractivity contribution in [1.82, 2.24) is 0 Å². The lowest BCUT2D eigenvalue weighted by Gasteiger charge is -2.25. The molecule has 3 nitrogen and oxygen atoms in total. The molecule has 0 N–H and O–H groups in total. The summed E-state index contributed by atoms with van der Waals surface area (Å²) in [6, 6.07) is 0. The molecule has 0 fully saturated rings. The van der Waals surface area contributed by atoms with Crippen LogP contribution in [0.3, 0.4) is 0 Å². The number of alkyl halides is 1. The van der Waals surface area contributed by atoms with Crippen LogP contribution in [-0.4, -0.2) is 30.7 Å². The Labute approximate surface area is 83.4 Å². The van der Waals surface area contributed by atoms with Crippen molar-refractivity contribution in [3.8, 4) is 0 Å². The summed E-state index contributed by atoms with van der Waals surface area (Å²) in [6.07, 6.45) is 2.91. The van der Waals surface area contributed by atoms with Crippen LogP contribution >= 0.6 is 11.6 Å². The van der Waals surface area contributed by atoms with Crippen molar-refractivity contribution in [1.29, 1.82) is 0 Å². The average molecular weight is 207 g/mol.